The number of hydrogen-bond acceptors (Lipinski definition) is 6. The summed E-state index contributed by atoms with van der Waals surface area (Å²) in [5.74, 6) is 0.500. The van der Waals surface area contributed by atoms with Gasteiger partial charge in [0, 0.05) is 31.4 Å². The van der Waals surface area contributed by atoms with E-state index in [-0.39, 0.29) is 23.5 Å². The van der Waals surface area contributed by atoms with Crippen LogP contribution in [0.15, 0.2) is 30.5 Å². The largest absolute Gasteiger partial charge is 0.449 e. The molecular formula is C29H38N6O3. The maximum atomic E-state index is 12.8. The molecule has 1 aromatic carbocycles. The molecule has 0 atom stereocenters. The van der Waals surface area contributed by atoms with Gasteiger partial charge in [-0.25, -0.2) is 9.78 Å². The van der Waals surface area contributed by atoms with Crippen LogP contribution in [0.2, 0.25) is 0 Å². The van der Waals surface area contributed by atoms with Crippen molar-refractivity contribution in [3.63, 3.8) is 0 Å². The number of carbonyl (C=O) groups is 2. The van der Waals surface area contributed by atoms with Crippen LogP contribution in [0.25, 0.3) is 5.57 Å². The van der Waals surface area contributed by atoms with Crippen LogP contribution in [0, 0.1) is 17.2 Å². The first-order valence-electron chi connectivity index (χ1n) is 13.5. The highest BCUT2D eigenvalue weighted by Crippen LogP contribution is 2.36. The van der Waals surface area contributed by atoms with Crippen molar-refractivity contribution in [3.8, 4) is 6.07 Å². The number of piperidine rings is 1. The Balaban J connectivity index is 1.43. The molecule has 1 aliphatic carbocycles. The van der Waals surface area contributed by atoms with E-state index in [1.807, 2.05) is 26.0 Å². The van der Waals surface area contributed by atoms with Crippen molar-refractivity contribution in [1.29, 1.82) is 5.26 Å². The van der Waals surface area contributed by atoms with Crippen molar-refractivity contribution >= 4 is 23.3 Å². The third-order valence-corrected chi connectivity index (χ3v) is 7.16. The van der Waals surface area contributed by atoms with Crippen LogP contribution in [-0.4, -0.2) is 65.2 Å². The number of aromatic nitrogens is 2. The van der Waals surface area contributed by atoms with Crippen LogP contribution >= 0.6 is 0 Å². The molecule has 2 aromatic rings. The zero-order valence-electron chi connectivity index (χ0n) is 22.6. The number of allylic oxidation sites excluding steroid dienone is 2. The monoisotopic (exact) mass is 518 g/mol. The van der Waals surface area contributed by atoms with Crippen LogP contribution in [-0.2, 0) is 4.74 Å². The van der Waals surface area contributed by atoms with Crippen molar-refractivity contribution < 1.29 is 14.3 Å². The van der Waals surface area contributed by atoms with Gasteiger partial charge in [0.25, 0.3) is 5.91 Å². The van der Waals surface area contributed by atoms with Gasteiger partial charge < -0.3 is 15.0 Å². The summed E-state index contributed by atoms with van der Waals surface area (Å²) in [4.78, 5) is 35.8. The summed E-state index contributed by atoms with van der Waals surface area (Å²) in [7, 11) is 1.79. The minimum Gasteiger partial charge on any atom is -0.449 e. The number of aromatic amines is 1. The van der Waals surface area contributed by atoms with Gasteiger partial charge in [-0.2, -0.15) is 5.26 Å². The summed E-state index contributed by atoms with van der Waals surface area (Å²) in [6.07, 6.45) is 9.74. The highest BCUT2D eigenvalue weighted by Gasteiger charge is 2.24. The number of nitrogens with zero attached hydrogens (tertiary/aromatic N) is 4. The number of ether oxygens (including phenoxy) is 1. The predicted molar refractivity (Wildman–Crippen MR) is 147 cm³/mol. The van der Waals surface area contributed by atoms with Crippen LogP contribution < -0.4 is 5.32 Å². The van der Waals surface area contributed by atoms with Gasteiger partial charge in [-0.3, -0.25) is 14.6 Å². The number of anilines is 1. The Morgan fingerprint density at radius 2 is 2.08 bits per heavy atom. The molecule has 1 aliphatic heterocycles. The number of H-pyrrole nitrogens is 1. The Labute approximate surface area is 224 Å². The molecule has 1 aromatic heterocycles. The first kappa shape index (κ1) is 27.4. The third-order valence-electron chi connectivity index (χ3n) is 7.16. The van der Waals surface area contributed by atoms with E-state index in [2.05, 4.69) is 38.4 Å². The fourth-order valence-electron chi connectivity index (χ4n) is 5.06. The number of carbonyl (C=O) groups excluding carboxylic acids is 2. The minimum absolute atomic E-state index is 0.125. The molecule has 1 saturated heterocycles. The second kappa shape index (κ2) is 12.7. The van der Waals surface area contributed by atoms with Crippen molar-refractivity contribution in [2.24, 2.45) is 5.92 Å². The van der Waals surface area contributed by atoms with Crippen molar-refractivity contribution in [2.45, 2.75) is 58.3 Å². The van der Waals surface area contributed by atoms with Gasteiger partial charge in [0.05, 0.1) is 19.5 Å². The molecule has 2 amide bonds. The number of rotatable bonds is 8. The SMILES string of the molecule is CC(C)COC(=O)N(C)CN1CCC(c2ccc(NC(=O)c3ncc(C#N)[nH]3)c(C3=CCCCC3)c2)CC1. The van der Waals surface area contributed by atoms with Crippen LogP contribution in [0.5, 0.6) is 0 Å². The smallest absolute Gasteiger partial charge is 0.410 e. The number of likely N-dealkylation sites (tertiary alicyclic amines) is 1. The van der Waals surface area contributed by atoms with E-state index in [0.29, 0.717) is 25.1 Å². The number of amides is 2. The van der Waals surface area contributed by atoms with Gasteiger partial charge in [-0.05, 0) is 73.6 Å². The molecule has 2 N–H and O–H groups in total. The van der Waals surface area contributed by atoms with Gasteiger partial charge in [-0.15, -0.1) is 0 Å². The first-order valence-corrected chi connectivity index (χ1v) is 13.5. The fraction of sp³-hybridized carbons (Fsp3) is 0.517. The highest BCUT2D eigenvalue weighted by molar-refractivity contribution is 6.03. The zero-order valence-corrected chi connectivity index (χ0v) is 22.6. The van der Waals surface area contributed by atoms with Gasteiger partial charge >= 0.3 is 6.09 Å². The maximum absolute atomic E-state index is 12.8. The molecule has 2 aliphatic rings. The van der Waals surface area contributed by atoms with Gasteiger partial charge in [0.1, 0.15) is 11.8 Å². The standard InChI is InChI=1S/C29H38N6O3/c1-20(2)18-38-29(37)34(3)19-35-13-11-21(12-14-35)23-9-10-26(25(15-23)22-7-5-4-6-8-22)33-28(36)27-31-17-24(16-30)32-27/h7,9-10,15,17,20-21H,4-6,8,11-14,18-19H2,1-3H3,(H,31,32)(H,33,36). The Hall–Kier alpha value is -3.64. The molecule has 1 fully saturated rings. The molecule has 0 saturated carbocycles. The summed E-state index contributed by atoms with van der Waals surface area (Å²) in [6.45, 7) is 6.86. The zero-order chi connectivity index (χ0) is 27.1. The molecule has 2 heterocycles. The van der Waals surface area contributed by atoms with E-state index in [4.69, 9.17) is 10.00 Å². The Kier molecular flexibility index (Phi) is 9.19. The first-order chi connectivity index (χ1) is 18.3. The fourth-order valence-corrected chi connectivity index (χ4v) is 5.06. The molecule has 0 radical (unpaired) electrons. The average molecular weight is 519 g/mol. The topological polar surface area (TPSA) is 114 Å². The molecule has 9 nitrogen and oxygen atoms in total. The maximum Gasteiger partial charge on any atom is 0.410 e. The molecule has 9 heteroatoms. The number of nitrogens with one attached hydrogen (secondary N) is 2. The molecular weight excluding hydrogens is 480 g/mol. The van der Waals surface area contributed by atoms with E-state index in [0.717, 1.165) is 56.4 Å². The van der Waals surface area contributed by atoms with E-state index in [9.17, 15) is 9.59 Å². The van der Waals surface area contributed by atoms with Crippen molar-refractivity contribution in [3.05, 3.63) is 53.1 Å². The summed E-state index contributed by atoms with van der Waals surface area (Å²) in [5, 5.41) is 12.0. The lowest BCUT2D eigenvalue weighted by Gasteiger charge is -2.34. The van der Waals surface area contributed by atoms with Gasteiger partial charge in [0.2, 0.25) is 0 Å². The molecule has 4 rings (SSSR count). The number of nitriles is 1. The molecule has 0 unspecified atom stereocenters. The van der Waals surface area contributed by atoms with E-state index in [1.54, 1.807) is 11.9 Å². The average Bonchev–Trinajstić information content (AvgIpc) is 3.42. The number of hydrogen-bond donors (Lipinski definition) is 2. The van der Waals surface area contributed by atoms with Crippen LogP contribution in [0.1, 0.15) is 85.7 Å². The highest BCUT2D eigenvalue weighted by atomic mass is 16.6. The second-order valence-corrected chi connectivity index (χ2v) is 10.7. The van der Waals surface area contributed by atoms with Crippen molar-refractivity contribution in [1.82, 2.24) is 19.8 Å². The summed E-state index contributed by atoms with van der Waals surface area (Å²) in [6, 6.07) is 8.32. The summed E-state index contributed by atoms with van der Waals surface area (Å²) >= 11 is 0. The lowest BCUT2D eigenvalue weighted by Crippen LogP contribution is -2.43. The number of imidazole rings is 1. The lowest BCUT2D eigenvalue weighted by atomic mass is 9.85. The molecule has 0 bridgehead atoms. The Morgan fingerprint density at radius 3 is 2.74 bits per heavy atom. The normalized spacial score (nSPS) is 16.6. The molecule has 202 valence electrons. The van der Waals surface area contributed by atoms with Crippen LogP contribution in [0.3, 0.4) is 0 Å². The number of benzene rings is 1. The second-order valence-electron chi connectivity index (χ2n) is 10.7. The lowest BCUT2D eigenvalue weighted by molar-refractivity contribution is 0.0708. The Morgan fingerprint density at radius 1 is 1.29 bits per heavy atom. The summed E-state index contributed by atoms with van der Waals surface area (Å²) < 4.78 is 5.35. The molecule has 38 heavy (non-hydrogen) atoms. The molecule has 0 spiro atoms. The van der Waals surface area contributed by atoms with Crippen LogP contribution in [0.4, 0.5) is 10.5 Å². The van der Waals surface area contributed by atoms with Crippen molar-refractivity contribution in [2.75, 3.05) is 38.7 Å². The van der Waals surface area contributed by atoms with E-state index in [1.165, 1.54) is 23.8 Å². The third kappa shape index (κ3) is 7.01. The quantitative estimate of drug-likeness (QED) is 0.487. The predicted octanol–water partition coefficient (Wildman–Crippen LogP) is 5.35. The van der Waals surface area contributed by atoms with E-state index >= 15 is 0 Å². The van der Waals surface area contributed by atoms with Gasteiger partial charge in [0.15, 0.2) is 5.82 Å². The minimum atomic E-state index is -0.360. The van der Waals surface area contributed by atoms with Gasteiger partial charge in [-0.1, -0.05) is 26.0 Å². The Bertz CT molecular complexity index is 1200. The summed E-state index contributed by atoms with van der Waals surface area (Å²) in [5.41, 5.74) is 4.63. The van der Waals surface area contributed by atoms with E-state index < -0.39 is 0 Å².